The van der Waals surface area contributed by atoms with Gasteiger partial charge in [0.2, 0.25) is 11.3 Å². The number of hydrogen-bond acceptors (Lipinski definition) is 2. The van der Waals surface area contributed by atoms with Crippen LogP contribution in [0.2, 0.25) is 0 Å². The summed E-state index contributed by atoms with van der Waals surface area (Å²) in [5.74, 6) is 0.210. The molecule has 1 rings (SSSR count). The highest BCUT2D eigenvalue weighted by atomic mass is 32.1. The first-order valence-corrected chi connectivity index (χ1v) is 5.16. The van der Waals surface area contributed by atoms with Gasteiger partial charge < -0.3 is 10.4 Å². The molecule has 0 radical (unpaired) electrons. The Morgan fingerprint density at radius 1 is 1.50 bits per heavy atom. The van der Waals surface area contributed by atoms with Gasteiger partial charge in [0.1, 0.15) is 5.75 Å². The maximum absolute atomic E-state index is 9.46. The average Bonchev–Trinajstić information content (AvgIpc) is 2.29. The molecule has 0 amide bonds. The summed E-state index contributed by atoms with van der Waals surface area (Å²) in [7, 11) is 0. The molecule has 16 heavy (non-hydrogen) atoms. The van der Waals surface area contributed by atoms with Crippen LogP contribution in [0.5, 0.6) is 5.75 Å². The summed E-state index contributed by atoms with van der Waals surface area (Å²) in [5, 5.41) is 15.6. The molecule has 84 valence electrons. The van der Waals surface area contributed by atoms with Gasteiger partial charge in [-0.3, -0.25) is 0 Å². The number of aromatic hydroxyl groups is 1. The zero-order valence-electron chi connectivity index (χ0n) is 8.73. The molecule has 0 heterocycles. The summed E-state index contributed by atoms with van der Waals surface area (Å²) in [4.78, 5) is 0. The smallest absolute Gasteiger partial charge is 0.224 e. The highest BCUT2D eigenvalue weighted by molar-refractivity contribution is 7.80. The Kier molecular flexibility index (Phi) is 5.01. The van der Waals surface area contributed by atoms with Crippen LogP contribution in [0.25, 0.3) is 0 Å². The second-order valence-corrected chi connectivity index (χ2v) is 3.38. The van der Waals surface area contributed by atoms with E-state index in [0.29, 0.717) is 17.2 Å². The fourth-order valence-electron chi connectivity index (χ4n) is 0.998. The molecular formula is C11H14N3OS+. The van der Waals surface area contributed by atoms with E-state index in [-0.39, 0.29) is 5.75 Å². The first-order valence-electron chi connectivity index (χ1n) is 4.75. The van der Waals surface area contributed by atoms with Crippen molar-refractivity contribution >= 4 is 23.5 Å². The third-order valence-electron chi connectivity index (χ3n) is 1.76. The SMILES string of the molecule is C=CCNC(=S)N/[NH+]=C/c1ccccc1O. The zero-order chi connectivity index (χ0) is 11.8. The fourth-order valence-corrected chi connectivity index (χ4v) is 1.14. The fraction of sp³-hybridized carbons (Fsp3) is 0.0909. The zero-order valence-corrected chi connectivity index (χ0v) is 9.55. The van der Waals surface area contributed by atoms with Crippen molar-refractivity contribution in [2.75, 3.05) is 6.54 Å². The summed E-state index contributed by atoms with van der Waals surface area (Å²) in [6.45, 7) is 4.16. The Morgan fingerprint density at radius 2 is 2.25 bits per heavy atom. The molecule has 0 atom stereocenters. The number of nitrogens with one attached hydrogen (secondary N) is 3. The van der Waals surface area contributed by atoms with E-state index in [2.05, 4.69) is 22.4 Å². The van der Waals surface area contributed by atoms with Crippen molar-refractivity contribution < 1.29 is 10.2 Å². The van der Waals surface area contributed by atoms with Crippen molar-refractivity contribution in [3.63, 3.8) is 0 Å². The molecule has 0 fully saturated rings. The topological polar surface area (TPSA) is 58.3 Å². The van der Waals surface area contributed by atoms with E-state index < -0.39 is 0 Å². The molecule has 0 saturated carbocycles. The van der Waals surface area contributed by atoms with E-state index in [1.165, 1.54) is 0 Å². The van der Waals surface area contributed by atoms with Crippen LogP contribution in [0.4, 0.5) is 0 Å². The van der Waals surface area contributed by atoms with E-state index in [1.54, 1.807) is 30.5 Å². The maximum Gasteiger partial charge on any atom is 0.224 e. The highest BCUT2D eigenvalue weighted by Crippen LogP contribution is 2.11. The molecule has 0 aliphatic heterocycles. The number of thiocarbonyl (C=S) groups is 1. The highest BCUT2D eigenvalue weighted by Gasteiger charge is 1.98. The minimum atomic E-state index is 0.210. The third-order valence-corrected chi connectivity index (χ3v) is 2.00. The second kappa shape index (κ2) is 6.58. The van der Waals surface area contributed by atoms with Gasteiger partial charge in [0.05, 0.1) is 5.56 Å². The van der Waals surface area contributed by atoms with Crippen molar-refractivity contribution in [2.24, 2.45) is 0 Å². The Labute approximate surface area is 99.7 Å². The predicted octanol–water partition coefficient (Wildman–Crippen LogP) is -0.543. The molecule has 0 aliphatic rings. The maximum atomic E-state index is 9.46. The first kappa shape index (κ1) is 12.2. The number of phenolic OH excluding ortho intramolecular Hbond substituents is 1. The van der Waals surface area contributed by atoms with E-state index in [1.807, 2.05) is 6.07 Å². The number of phenols is 1. The van der Waals surface area contributed by atoms with Crippen LogP contribution in [-0.2, 0) is 0 Å². The summed E-state index contributed by atoms with van der Waals surface area (Å²) in [6.07, 6.45) is 3.33. The van der Waals surface area contributed by atoms with Gasteiger partial charge in [-0.05, 0) is 24.4 Å². The van der Waals surface area contributed by atoms with Crippen molar-refractivity contribution in [3.8, 4) is 5.75 Å². The van der Waals surface area contributed by atoms with Crippen molar-refractivity contribution in [2.45, 2.75) is 0 Å². The molecule has 4 N–H and O–H groups in total. The quantitative estimate of drug-likeness (QED) is 0.245. The molecule has 1 aromatic carbocycles. The Bertz CT molecular complexity index is 404. The summed E-state index contributed by atoms with van der Waals surface area (Å²) >= 11 is 4.95. The Hall–Kier alpha value is -1.88. The minimum absolute atomic E-state index is 0.210. The lowest BCUT2D eigenvalue weighted by molar-refractivity contribution is -0.500. The van der Waals surface area contributed by atoms with Gasteiger partial charge in [-0.2, -0.15) is 0 Å². The molecule has 5 heteroatoms. The lowest BCUT2D eigenvalue weighted by Gasteiger charge is -1.99. The Morgan fingerprint density at radius 3 is 2.94 bits per heavy atom. The molecule has 0 saturated heterocycles. The summed E-state index contributed by atoms with van der Waals surface area (Å²) < 4.78 is 0. The standard InChI is InChI=1S/C11H13N3OS/c1-2-7-12-11(16)14-13-8-9-5-3-4-6-10(9)15/h2-6,8,15H,1,7H2,(H2,12,14,16)/p+1/b13-8+. The lowest BCUT2D eigenvalue weighted by Crippen LogP contribution is -2.82. The van der Waals surface area contributed by atoms with E-state index in [4.69, 9.17) is 12.2 Å². The number of hydrazone groups is 1. The van der Waals surface area contributed by atoms with Crippen LogP contribution >= 0.6 is 12.2 Å². The van der Waals surface area contributed by atoms with Gasteiger partial charge in [0.15, 0.2) is 0 Å². The largest absolute Gasteiger partial charge is 0.507 e. The summed E-state index contributed by atoms with van der Waals surface area (Å²) in [6, 6.07) is 6.99. The van der Waals surface area contributed by atoms with Crippen LogP contribution < -0.4 is 15.8 Å². The molecule has 0 aliphatic carbocycles. The van der Waals surface area contributed by atoms with Crippen molar-refractivity contribution in [1.29, 1.82) is 0 Å². The Balaban J connectivity index is 2.46. The van der Waals surface area contributed by atoms with Crippen LogP contribution in [0.15, 0.2) is 36.9 Å². The summed E-state index contributed by atoms with van der Waals surface area (Å²) in [5.41, 5.74) is 3.43. The van der Waals surface area contributed by atoms with Gasteiger partial charge in [-0.15, -0.1) is 17.1 Å². The number of hydrogen-bond donors (Lipinski definition) is 4. The third kappa shape index (κ3) is 4.10. The van der Waals surface area contributed by atoms with E-state index in [0.717, 1.165) is 0 Å². The van der Waals surface area contributed by atoms with E-state index >= 15 is 0 Å². The predicted molar refractivity (Wildman–Crippen MR) is 68.2 cm³/mol. The van der Waals surface area contributed by atoms with Gasteiger partial charge in [-0.1, -0.05) is 18.2 Å². The molecule has 1 aromatic rings. The van der Waals surface area contributed by atoms with Crippen LogP contribution in [-0.4, -0.2) is 23.0 Å². The van der Waals surface area contributed by atoms with Crippen molar-refractivity contribution in [1.82, 2.24) is 10.7 Å². The molecule has 4 nitrogen and oxygen atoms in total. The lowest BCUT2D eigenvalue weighted by atomic mass is 10.2. The first-order chi connectivity index (χ1) is 7.74. The molecular weight excluding hydrogens is 222 g/mol. The molecule has 0 spiro atoms. The number of hydrazine groups is 1. The van der Waals surface area contributed by atoms with Gasteiger partial charge >= 0.3 is 0 Å². The average molecular weight is 236 g/mol. The number of rotatable bonds is 4. The van der Waals surface area contributed by atoms with Gasteiger partial charge in [0, 0.05) is 6.54 Å². The molecule has 0 aromatic heterocycles. The molecule has 0 bridgehead atoms. The van der Waals surface area contributed by atoms with Crippen molar-refractivity contribution in [3.05, 3.63) is 42.5 Å². The number of para-hydroxylation sites is 1. The number of benzene rings is 1. The molecule has 0 unspecified atom stereocenters. The normalized spacial score (nSPS) is 10.0. The van der Waals surface area contributed by atoms with Gasteiger partial charge in [0.25, 0.3) is 0 Å². The second-order valence-electron chi connectivity index (χ2n) is 2.97. The van der Waals surface area contributed by atoms with Crippen LogP contribution in [0.1, 0.15) is 5.56 Å². The monoisotopic (exact) mass is 236 g/mol. The minimum Gasteiger partial charge on any atom is -0.507 e. The van der Waals surface area contributed by atoms with Crippen LogP contribution in [0.3, 0.4) is 0 Å². The van der Waals surface area contributed by atoms with Crippen LogP contribution in [0, 0.1) is 0 Å². The van der Waals surface area contributed by atoms with Gasteiger partial charge in [-0.25, -0.2) is 0 Å². The van der Waals surface area contributed by atoms with E-state index in [9.17, 15) is 5.11 Å².